The monoisotopic (exact) mass is 593 g/mol. The molecule has 0 radical (unpaired) electrons. The Kier molecular flexibility index (Phi) is 9.81. The van der Waals surface area contributed by atoms with Crippen LogP contribution in [0.4, 0.5) is 0 Å². The van der Waals surface area contributed by atoms with E-state index in [0.717, 1.165) is 40.9 Å². The molecule has 42 heavy (non-hydrogen) atoms. The fourth-order valence-electron chi connectivity index (χ4n) is 5.13. The lowest BCUT2D eigenvalue weighted by molar-refractivity contribution is -0.819. The summed E-state index contributed by atoms with van der Waals surface area (Å²) in [5.41, 5.74) is 8.90. The Balaban J connectivity index is 1.70. The number of halogens is 1. The predicted molar refractivity (Wildman–Crippen MR) is 157 cm³/mol. The number of nitrogens with two attached hydrogens (primary N) is 1. The van der Waals surface area contributed by atoms with Gasteiger partial charge in [-0.1, -0.05) is 61.9 Å². The van der Waals surface area contributed by atoms with Crippen LogP contribution in [0, 0.1) is 0 Å². The number of carboxylic acids is 1. The lowest BCUT2D eigenvalue weighted by atomic mass is 9.98. The number of aromatic nitrogens is 4. The zero-order valence-corrected chi connectivity index (χ0v) is 24.3. The van der Waals surface area contributed by atoms with Gasteiger partial charge in [0.05, 0.1) is 0 Å². The van der Waals surface area contributed by atoms with Gasteiger partial charge in [-0.25, -0.2) is 14.3 Å². The summed E-state index contributed by atoms with van der Waals surface area (Å²) in [5.74, 6) is -1.10. The zero-order chi connectivity index (χ0) is 30.3. The van der Waals surface area contributed by atoms with Crippen LogP contribution in [0.2, 0.25) is 0 Å². The predicted octanol–water partition coefficient (Wildman–Crippen LogP) is 4.02. The minimum absolute atomic E-state index is 0.0275. The summed E-state index contributed by atoms with van der Waals surface area (Å²) in [6, 6.07) is 14.4. The van der Waals surface area contributed by atoms with Crippen LogP contribution in [-0.2, 0) is 20.9 Å². The Morgan fingerprint density at radius 1 is 1.12 bits per heavy atom. The number of aliphatic imine (C=N–C) groups is 1. The summed E-state index contributed by atoms with van der Waals surface area (Å²) in [6.45, 7) is 3.64. The molecule has 1 aliphatic rings. The van der Waals surface area contributed by atoms with Gasteiger partial charge in [0.15, 0.2) is 6.67 Å². The molecule has 1 aromatic heterocycles. The lowest BCUT2D eigenvalue weighted by Crippen LogP contribution is -2.59. The number of tetrazole rings is 1. The van der Waals surface area contributed by atoms with Crippen molar-refractivity contribution in [1.82, 2.24) is 25.5 Å². The van der Waals surface area contributed by atoms with Gasteiger partial charge in [0.2, 0.25) is 28.6 Å². The molecule has 2 amide bonds. The summed E-state index contributed by atoms with van der Waals surface area (Å²) in [4.78, 5) is 42.5. The molecule has 0 fully saturated rings. The third-order valence-corrected chi connectivity index (χ3v) is 7.75. The van der Waals surface area contributed by atoms with Crippen molar-refractivity contribution in [3.63, 3.8) is 0 Å². The molecular weight excluding hydrogens is 560 g/mol. The van der Waals surface area contributed by atoms with Crippen molar-refractivity contribution < 1.29 is 24.0 Å². The maximum Gasteiger partial charge on any atom is 0.326 e. The second kappa shape index (κ2) is 13.5. The van der Waals surface area contributed by atoms with Gasteiger partial charge in [-0.05, 0) is 40.8 Å². The first-order valence-electron chi connectivity index (χ1n) is 13.7. The van der Waals surface area contributed by atoms with Gasteiger partial charge in [-0.3, -0.25) is 14.5 Å². The highest BCUT2D eigenvalue weighted by Gasteiger charge is 2.46. The van der Waals surface area contributed by atoms with E-state index < -0.39 is 23.8 Å². The first kappa shape index (κ1) is 30.5. The number of primary amides is 1. The molecule has 2 heterocycles. The van der Waals surface area contributed by atoms with E-state index in [1.807, 2.05) is 48.5 Å². The Morgan fingerprint density at radius 3 is 2.43 bits per heavy atom. The molecule has 4 N–H and O–H groups in total. The first-order chi connectivity index (χ1) is 20.2. The maximum absolute atomic E-state index is 12.9. The van der Waals surface area contributed by atoms with E-state index in [2.05, 4.69) is 32.5 Å². The Labute approximate surface area is 248 Å². The SMILES string of the molecule is CCCCC1=NC=C(Cl)[N+]1(Cc1ccc(-c2ccccc2-c2nn[nH]n2)cc1)CN(C(C)=O)[C@@H](CCC(N)=O)C(=O)O. The fraction of sp³-hybridized carbons (Fsp3) is 0.345. The molecule has 1 unspecified atom stereocenters. The quantitative estimate of drug-likeness (QED) is 0.187. The van der Waals surface area contributed by atoms with Crippen LogP contribution < -0.4 is 5.73 Å². The van der Waals surface area contributed by atoms with Crippen LogP contribution in [-0.4, -0.2) is 71.4 Å². The second-order valence-electron chi connectivity index (χ2n) is 10.2. The number of hydrogen-bond acceptors (Lipinski definition) is 7. The van der Waals surface area contributed by atoms with Crippen LogP contribution in [0.5, 0.6) is 0 Å². The number of amidine groups is 1. The number of amides is 2. The molecule has 2 aromatic carbocycles. The van der Waals surface area contributed by atoms with Gasteiger partial charge in [0.25, 0.3) is 0 Å². The number of nitrogens with one attached hydrogen (secondary N) is 1. The first-order valence-corrected chi connectivity index (χ1v) is 14.0. The standard InChI is InChI=1S/C29H33ClN8O4/c1-3-4-9-27-32-16-25(30)38(27,18-37(19(2)39)24(29(41)42)14-15-26(31)40)17-20-10-12-21(13-11-20)22-7-5-6-8-23(22)28-33-35-36-34-28/h5-8,10-13,16,24H,3-4,9,14-15,17-18H2,1-2H3,(H3-,31,33,34,35,36,40,41,42)/p+1/t24-,38?/m0/s1. The zero-order valence-electron chi connectivity index (χ0n) is 23.5. The number of aliphatic carboxylic acids is 1. The Hall–Kier alpha value is -4.42. The number of nitrogens with zero attached hydrogens (tertiary/aromatic N) is 6. The van der Waals surface area contributed by atoms with Crippen molar-refractivity contribution in [2.24, 2.45) is 10.7 Å². The number of unbranched alkanes of at least 4 members (excludes halogenated alkanes) is 1. The number of carboxylic acid groups (broad SMARTS) is 1. The lowest BCUT2D eigenvalue weighted by Gasteiger charge is -2.40. The molecule has 0 spiro atoms. The van der Waals surface area contributed by atoms with Gasteiger partial charge < -0.3 is 10.8 Å². The molecule has 3 aromatic rings. The van der Waals surface area contributed by atoms with Crippen molar-refractivity contribution in [2.45, 2.75) is 58.5 Å². The van der Waals surface area contributed by atoms with E-state index in [9.17, 15) is 19.5 Å². The topological polar surface area (TPSA) is 168 Å². The van der Waals surface area contributed by atoms with Gasteiger partial charge >= 0.3 is 5.97 Å². The minimum Gasteiger partial charge on any atom is -0.480 e. The molecule has 0 aliphatic carbocycles. The number of benzene rings is 2. The third kappa shape index (κ3) is 6.72. The molecule has 13 heteroatoms. The number of carbonyl (C=O) groups excluding carboxylic acids is 2. The average Bonchev–Trinajstić information content (AvgIpc) is 3.60. The number of quaternary nitrogens is 1. The van der Waals surface area contributed by atoms with Crippen molar-refractivity contribution in [3.8, 4) is 22.5 Å². The molecule has 220 valence electrons. The van der Waals surface area contributed by atoms with E-state index in [4.69, 9.17) is 17.3 Å². The minimum atomic E-state index is -1.26. The fourth-order valence-corrected chi connectivity index (χ4v) is 5.39. The van der Waals surface area contributed by atoms with Gasteiger partial charge in [-0.2, -0.15) is 5.21 Å². The van der Waals surface area contributed by atoms with Crippen LogP contribution in [0.3, 0.4) is 0 Å². The van der Waals surface area contributed by atoms with E-state index >= 15 is 0 Å². The molecule has 0 bridgehead atoms. The van der Waals surface area contributed by atoms with E-state index in [0.29, 0.717) is 23.9 Å². The second-order valence-corrected chi connectivity index (χ2v) is 10.6. The number of rotatable bonds is 14. The molecular formula is C29H34ClN8O4+. The molecule has 12 nitrogen and oxygen atoms in total. The summed E-state index contributed by atoms with van der Waals surface area (Å²) in [6.07, 6.45) is 3.66. The third-order valence-electron chi connectivity index (χ3n) is 7.33. The molecule has 4 rings (SSSR count). The smallest absolute Gasteiger partial charge is 0.326 e. The molecule has 1 aliphatic heterocycles. The molecule has 0 saturated heterocycles. The summed E-state index contributed by atoms with van der Waals surface area (Å²) in [5, 5.41) is 24.8. The van der Waals surface area contributed by atoms with Crippen molar-refractivity contribution >= 4 is 35.2 Å². The van der Waals surface area contributed by atoms with E-state index in [1.165, 1.54) is 11.8 Å². The highest BCUT2D eigenvalue weighted by molar-refractivity contribution is 6.29. The number of H-pyrrole nitrogens is 1. The van der Waals surface area contributed by atoms with Gasteiger partial charge in [0.1, 0.15) is 18.8 Å². The number of carbonyl (C=O) groups is 3. The van der Waals surface area contributed by atoms with Crippen LogP contribution in [0.15, 0.2) is 64.9 Å². The number of aromatic amines is 1. The van der Waals surface area contributed by atoms with Crippen LogP contribution in [0.1, 0.15) is 51.5 Å². The van der Waals surface area contributed by atoms with Crippen LogP contribution >= 0.6 is 11.6 Å². The van der Waals surface area contributed by atoms with Crippen molar-refractivity contribution in [3.05, 3.63) is 65.5 Å². The number of hydrogen-bond donors (Lipinski definition) is 3. The highest BCUT2D eigenvalue weighted by atomic mass is 35.5. The summed E-state index contributed by atoms with van der Waals surface area (Å²) in [7, 11) is 0. The van der Waals surface area contributed by atoms with Crippen molar-refractivity contribution in [1.29, 1.82) is 0 Å². The average molecular weight is 594 g/mol. The molecule has 0 saturated carbocycles. The highest BCUT2D eigenvalue weighted by Crippen LogP contribution is 2.36. The largest absolute Gasteiger partial charge is 0.480 e. The Bertz CT molecular complexity index is 1490. The van der Waals surface area contributed by atoms with Crippen molar-refractivity contribution in [2.75, 3.05) is 6.67 Å². The summed E-state index contributed by atoms with van der Waals surface area (Å²) < 4.78 is -0.0275. The summed E-state index contributed by atoms with van der Waals surface area (Å²) >= 11 is 6.86. The maximum atomic E-state index is 12.9. The van der Waals surface area contributed by atoms with Gasteiger partial charge in [-0.15, -0.1) is 10.2 Å². The normalized spacial score (nSPS) is 16.9. The van der Waals surface area contributed by atoms with E-state index in [1.54, 1.807) is 6.20 Å². The van der Waals surface area contributed by atoms with Gasteiger partial charge in [0, 0.05) is 30.9 Å². The van der Waals surface area contributed by atoms with E-state index in [-0.39, 0.29) is 24.0 Å². The van der Waals surface area contributed by atoms with Crippen LogP contribution in [0.25, 0.3) is 22.5 Å². The molecule has 2 atom stereocenters. The Morgan fingerprint density at radius 2 is 1.83 bits per heavy atom.